The maximum atomic E-state index is 6.63. The molecule has 0 spiro atoms. The van der Waals surface area contributed by atoms with Gasteiger partial charge in [0.1, 0.15) is 11.2 Å². The van der Waals surface area contributed by atoms with Crippen LogP contribution in [0, 0.1) is 0 Å². The molecule has 1 aliphatic carbocycles. The van der Waals surface area contributed by atoms with Gasteiger partial charge >= 0.3 is 0 Å². The zero-order chi connectivity index (χ0) is 34.9. The minimum atomic E-state index is 0.607. The lowest BCUT2D eigenvalue weighted by Crippen LogP contribution is -2.05. The highest BCUT2D eigenvalue weighted by atomic mass is 16.3. The van der Waals surface area contributed by atoms with Crippen LogP contribution in [0.3, 0.4) is 0 Å². The number of nitrogens with zero attached hydrogens (tertiary/aromatic N) is 3. The lowest BCUT2D eigenvalue weighted by molar-refractivity contribution is 0.669. The molecule has 248 valence electrons. The Morgan fingerprint density at radius 1 is 0.377 bits per heavy atom. The second-order valence-electron chi connectivity index (χ2n) is 13.9. The third kappa shape index (κ3) is 4.80. The predicted molar refractivity (Wildman–Crippen MR) is 217 cm³/mol. The van der Waals surface area contributed by atoms with Gasteiger partial charge in [0.05, 0.1) is 0 Å². The molecule has 4 nitrogen and oxygen atoms in total. The van der Waals surface area contributed by atoms with Gasteiger partial charge in [0.25, 0.3) is 0 Å². The average molecular weight is 678 g/mol. The van der Waals surface area contributed by atoms with Crippen molar-refractivity contribution in [2.24, 2.45) is 0 Å². The maximum absolute atomic E-state index is 6.63. The molecular formula is C49H31N3O. The fourth-order valence-electron chi connectivity index (χ4n) is 8.37. The van der Waals surface area contributed by atoms with Crippen LogP contribution in [0.1, 0.15) is 11.1 Å². The molecule has 0 unspecified atom stereocenters. The zero-order valence-electron chi connectivity index (χ0n) is 28.8. The summed E-state index contributed by atoms with van der Waals surface area (Å²) in [5.74, 6) is 1.86. The molecule has 0 atom stereocenters. The maximum Gasteiger partial charge on any atom is 0.164 e. The standard InChI is InChI=1S/C49H31N3O/c1-2-13-33(14-3-1)47-50-48(35-27-28-37-34(29-35)26-24-30-11-4-6-16-36(30)37)52-49(51-47)41-20-10-22-43-46(41)45-40(19-9-21-42(45)53-43)39-18-8-15-32-25-23-31-12-5-7-17-38(31)44(32)39/h1-22,24,26-29H,23,25H2. The lowest BCUT2D eigenvalue weighted by Gasteiger charge is -2.23. The van der Waals surface area contributed by atoms with Crippen LogP contribution in [-0.2, 0) is 12.8 Å². The summed E-state index contributed by atoms with van der Waals surface area (Å²) in [6.45, 7) is 0. The van der Waals surface area contributed by atoms with E-state index in [0.29, 0.717) is 17.5 Å². The Kier molecular flexibility index (Phi) is 6.65. The van der Waals surface area contributed by atoms with Crippen LogP contribution >= 0.6 is 0 Å². The Bertz CT molecular complexity index is 3070. The Balaban J connectivity index is 1.16. The smallest absolute Gasteiger partial charge is 0.164 e. The highest BCUT2D eigenvalue weighted by Crippen LogP contribution is 2.46. The topological polar surface area (TPSA) is 51.8 Å². The van der Waals surface area contributed by atoms with Crippen LogP contribution in [-0.4, -0.2) is 15.0 Å². The molecule has 0 N–H and O–H groups in total. The molecule has 0 saturated heterocycles. The summed E-state index contributed by atoms with van der Waals surface area (Å²) in [5.41, 5.74) is 12.2. The molecule has 0 amide bonds. The van der Waals surface area contributed by atoms with E-state index in [1.54, 1.807) is 0 Å². The summed E-state index contributed by atoms with van der Waals surface area (Å²) in [5, 5.41) is 6.87. The van der Waals surface area contributed by atoms with Gasteiger partial charge in [-0.2, -0.15) is 0 Å². The van der Waals surface area contributed by atoms with Crippen molar-refractivity contribution in [3.63, 3.8) is 0 Å². The van der Waals surface area contributed by atoms with Crippen molar-refractivity contribution in [3.8, 4) is 56.4 Å². The highest BCUT2D eigenvalue weighted by Gasteiger charge is 2.24. The van der Waals surface area contributed by atoms with E-state index in [4.69, 9.17) is 19.4 Å². The minimum absolute atomic E-state index is 0.607. The third-order valence-corrected chi connectivity index (χ3v) is 10.8. The molecule has 10 aromatic rings. The van der Waals surface area contributed by atoms with Crippen molar-refractivity contribution in [1.82, 2.24) is 15.0 Å². The molecule has 2 heterocycles. The Hall–Kier alpha value is -6.91. The van der Waals surface area contributed by atoms with E-state index in [-0.39, 0.29) is 0 Å². The van der Waals surface area contributed by atoms with E-state index in [2.05, 4.69) is 133 Å². The molecule has 0 aliphatic heterocycles. The first kappa shape index (κ1) is 29.8. The van der Waals surface area contributed by atoms with Gasteiger partial charge in [-0.05, 0) is 86.0 Å². The van der Waals surface area contributed by atoms with E-state index in [1.165, 1.54) is 44.0 Å². The van der Waals surface area contributed by atoms with Crippen molar-refractivity contribution in [3.05, 3.63) is 175 Å². The normalized spacial score (nSPS) is 12.4. The summed E-state index contributed by atoms with van der Waals surface area (Å²) < 4.78 is 6.63. The van der Waals surface area contributed by atoms with Crippen LogP contribution in [0.15, 0.2) is 168 Å². The monoisotopic (exact) mass is 677 g/mol. The molecule has 53 heavy (non-hydrogen) atoms. The summed E-state index contributed by atoms with van der Waals surface area (Å²) in [7, 11) is 0. The van der Waals surface area contributed by atoms with Crippen LogP contribution in [0.5, 0.6) is 0 Å². The van der Waals surface area contributed by atoms with Crippen molar-refractivity contribution in [1.29, 1.82) is 0 Å². The van der Waals surface area contributed by atoms with Crippen LogP contribution in [0.25, 0.3) is 99.9 Å². The summed E-state index contributed by atoms with van der Waals surface area (Å²) >= 11 is 0. The van der Waals surface area contributed by atoms with E-state index in [9.17, 15) is 0 Å². The minimum Gasteiger partial charge on any atom is -0.456 e. The zero-order valence-corrected chi connectivity index (χ0v) is 28.8. The Morgan fingerprint density at radius 2 is 0.981 bits per heavy atom. The average Bonchev–Trinajstić information content (AvgIpc) is 3.63. The first-order valence-electron chi connectivity index (χ1n) is 18.2. The lowest BCUT2D eigenvalue weighted by atomic mass is 9.81. The van der Waals surface area contributed by atoms with Gasteiger partial charge in [0, 0.05) is 27.5 Å². The summed E-state index contributed by atoms with van der Waals surface area (Å²) in [6, 6.07) is 57.7. The van der Waals surface area contributed by atoms with E-state index in [1.807, 2.05) is 30.3 Å². The number of benzene rings is 8. The molecule has 0 saturated carbocycles. The van der Waals surface area contributed by atoms with E-state index in [0.717, 1.165) is 62.4 Å². The number of hydrogen-bond acceptors (Lipinski definition) is 4. The van der Waals surface area contributed by atoms with Gasteiger partial charge in [0.2, 0.25) is 0 Å². The molecule has 0 bridgehead atoms. The van der Waals surface area contributed by atoms with Gasteiger partial charge < -0.3 is 4.42 Å². The molecule has 11 rings (SSSR count). The quantitative estimate of drug-likeness (QED) is 0.174. The van der Waals surface area contributed by atoms with Crippen LogP contribution in [0.4, 0.5) is 0 Å². The number of rotatable bonds is 4. The van der Waals surface area contributed by atoms with Crippen LogP contribution in [0.2, 0.25) is 0 Å². The van der Waals surface area contributed by atoms with Crippen molar-refractivity contribution in [2.75, 3.05) is 0 Å². The molecule has 8 aromatic carbocycles. The largest absolute Gasteiger partial charge is 0.456 e. The Labute approximate surface area is 306 Å². The fraction of sp³-hybridized carbons (Fsp3) is 0.0408. The summed E-state index contributed by atoms with van der Waals surface area (Å²) in [6.07, 6.45) is 2.07. The van der Waals surface area contributed by atoms with Crippen molar-refractivity contribution >= 4 is 43.5 Å². The molecule has 2 aromatic heterocycles. The van der Waals surface area contributed by atoms with Crippen molar-refractivity contribution < 1.29 is 4.42 Å². The third-order valence-electron chi connectivity index (χ3n) is 10.8. The molecule has 4 heteroatoms. The van der Waals surface area contributed by atoms with Gasteiger partial charge in [0.15, 0.2) is 17.5 Å². The van der Waals surface area contributed by atoms with Gasteiger partial charge in [-0.15, -0.1) is 0 Å². The predicted octanol–water partition coefficient (Wildman–Crippen LogP) is 12.5. The second kappa shape index (κ2) is 11.8. The molecule has 1 aliphatic rings. The molecule has 0 fully saturated rings. The number of fused-ring (bicyclic) bond motifs is 9. The SMILES string of the molecule is c1ccc(-c2nc(-c3ccc4c(ccc5ccccc54)c3)nc(-c3cccc4oc5cccc(-c6cccc7c6-c6ccccc6CC7)c5c34)n2)cc1. The second-order valence-corrected chi connectivity index (χ2v) is 13.9. The fourth-order valence-corrected chi connectivity index (χ4v) is 8.37. The number of hydrogen-bond donors (Lipinski definition) is 0. The molecular weight excluding hydrogens is 647 g/mol. The van der Waals surface area contributed by atoms with E-state index >= 15 is 0 Å². The van der Waals surface area contributed by atoms with Crippen molar-refractivity contribution in [2.45, 2.75) is 12.8 Å². The van der Waals surface area contributed by atoms with Gasteiger partial charge in [-0.25, -0.2) is 15.0 Å². The first-order chi connectivity index (χ1) is 26.3. The highest BCUT2D eigenvalue weighted by molar-refractivity contribution is 6.18. The number of furan rings is 1. The van der Waals surface area contributed by atoms with Crippen LogP contribution < -0.4 is 0 Å². The molecule has 0 radical (unpaired) electrons. The number of aryl methyl sites for hydroxylation is 2. The number of aromatic nitrogens is 3. The Morgan fingerprint density at radius 3 is 1.87 bits per heavy atom. The van der Waals surface area contributed by atoms with Gasteiger partial charge in [-0.3, -0.25) is 0 Å². The summed E-state index contributed by atoms with van der Waals surface area (Å²) in [4.78, 5) is 15.5. The van der Waals surface area contributed by atoms with Gasteiger partial charge in [-0.1, -0.05) is 146 Å². The first-order valence-corrected chi connectivity index (χ1v) is 18.2. The van der Waals surface area contributed by atoms with E-state index < -0.39 is 0 Å².